The lowest BCUT2D eigenvalue weighted by atomic mass is 9.95. The van der Waals surface area contributed by atoms with E-state index in [9.17, 15) is 14.7 Å². The summed E-state index contributed by atoms with van der Waals surface area (Å²) in [6.45, 7) is 2.41. The van der Waals surface area contributed by atoms with E-state index in [0.717, 1.165) is 5.56 Å². The Kier molecular flexibility index (Phi) is 6.67. The van der Waals surface area contributed by atoms with Crippen molar-refractivity contribution in [2.75, 3.05) is 6.61 Å². The lowest BCUT2D eigenvalue weighted by Crippen LogP contribution is -2.29. The molecule has 2 heterocycles. The first-order valence-corrected chi connectivity index (χ1v) is 11.0. The van der Waals surface area contributed by atoms with Crippen molar-refractivity contribution in [1.82, 2.24) is 9.88 Å². The highest BCUT2D eigenvalue weighted by Crippen LogP contribution is 2.42. The number of hydrogen-bond donors (Lipinski definition) is 1. The van der Waals surface area contributed by atoms with Crippen molar-refractivity contribution < 1.29 is 19.4 Å². The molecule has 1 fully saturated rings. The number of Topliss-reactive ketones (excluding diaryl/α,β-unsaturated/α-hetero) is 1. The average molecular weight is 483 g/mol. The van der Waals surface area contributed by atoms with E-state index in [1.165, 1.54) is 4.90 Å². The van der Waals surface area contributed by atoms with Crippen LogP contribution in [0.15, 0.2) is 72.6 Å². The third-order valence-electron chi connectivity index (χ3n) is 5.33. The normalized spacial score (nSPS) is 17.4. The van der Waals surface area contributed by atoms with E-state index in [-0.39, 0.29) is 28.5 Å². The van der Waals surface area contributed by atoms with Gasteiger partial charge in [-0.3, -0.25) is 14.6 Å². The summed E-state index contributed by atoms with van der Waals surface area (Å²) < 4.78 is 5.51. The number of amides is 1. The topological polar surface area (TPSA) is 79.7 Å². The number of carbonyl (C=O) groups excluding carboxylic acids is 2. The number of ether oxygens (including phenoxy) is 1. The predicted molar refractivity (Wildman–Crippen MR) is 126 cm³/mol. The number of aliphatic hydroxyl groups excluding tert-OH is 1. The van der Waals surface area contributed by atoms with Crippen molar-refractivity contribution in [2.45, 2.75) is 19.5 Å². The molecule has 8 heteroatoms. The van der Waals surface area contributed by atoms with Crippen LogP contribution >= 0.6 is 23.2 Å². The molecule has 1 aromatic heterocycles. The molecule has 0 bridgehead atoms. The Labute approximate surface area is 201 Å². The zero-order valence-electron chi connectivity index (χ0n) is 17.7. The number of carbonyl (C=O) groups is 2. The summed E-state index contributed by atoms with van der Waals surface area (Å²) in [5.41, 5.74) is 1.59. The molecule has 0 radical (unpaired) electrons. The van der Waals surface area contributed by atoms with Crippen LogP contribution < -0.4 is 4.74 Å². The van der Waals surface area contributed by atoms with E-state index < -0.39 is 17.7 Å². The maximum absolute atomic E-state index is 13.2. The second-order valence-corrected chi connectivity index (χ2v) is 8.25. The third-order valence-corrected chi connectivity index (χ3v) is 5.91. The lowest BCUT2D eigenvalue weighted by molar-refractivity contribution is -0.140. The summed E-state index contributed by atoms with van der Waals surface area (Å²) in [5, 5.41) is 12.0. The van der Waals surface area contributed by atoms with Gasteiger partial charge < -0.3 is 14.7 Å². The average Bonchev–Trinajstić information content (AvgIpc) is 3.06. The molecule has 2 aromatic carbocycles. The minimum absolute atomic E-state index is 0.0491. The molecule has 1 aliphatic heterocycles. The number of likely N-dealkylation sites (tertiary alicyclic amines) is 1. The largest absolute Gasteiger partial charge is 0.507 e. The van der Waals surface area contributed by atoms with Crippen LogP contribution in [0.5, 0.6) is 5.75 Å². The molecule has 0 saturated carbocycles. The Morgan fingerprint density at radius 3 is 2.42 bits per heavy atom. The van der Waals surface area contributed by atoms with E-state index in [1.807, 2.05) is 6.92 Å². The molecule has 1 amide bonds. The fourth-order valence-electron chi connectivity index (χ4n) is 3.81. The molecule has 33 heavy (non-hydrogen) atoms. The number of benzene rings is 2. The zero-order chi connectivity index (χ0) is 23.5. The third kappa shape index (κ3) is 4.58. The maximum Gasteiger partial charge on any atom is 0.295 e. The number of aromatic nitrogens is 1. The van der Waals surface area contributed by atoms with Crippen LogP contribution in [0.2, 0.25) is 10.0 Å². The first-order chi connectivity index (χ1) is 15.9. The van der Waals surface area contributed by atoms with Gasteiger partial charge in [-0.2, -0.15) is 0 Å². The number of ketones is 1. The second kappa shape index (κ2) is 9.65. The Bertz CT molecular complexity index is 1230. The van der Waals surface area contributed by atoms with Gasteiger partial charge in [-0.05, 0) is 60.5 Å². The van der Waals surface area contributed by atoms with Crippen molar-refractivity contribution in [2.24, 2.45) is 0 Å². The Morgan fingerprint density at radius 2 is 1.76 bits per heavy atom. The highest BCUT2D eigenvalue weighted by atomic mass is 35.5. The zero-order valence-corrected chi connectivity index (χ0v) is 19.2. The Hall–Kier alpha value is -3.35. The summed E-state index contributed by atoms with van der Waals surface area (Å²) in [7, 11) is 0. The van der Waals surface area contributed by atoms with E-state index in [2.05, 4.69) is 4.98 Å². The number of nitrogens with zero attached hydrogens (tertiary/aromatic N) is 2. The van der Waals surface area contributed by atoms with Crippen molar-refractivity contribution in [3.05, 3.63) is 99.3 Å². The minimum Gasteiger partial charge on any atom is -0.507 e. The predicted octanol–water partition coefficient (Wildman–Crippen LogP) is 5.41. The smallest absolute Gasteiger partial charge is 0.295 e. The van der Waals surface area contributed by atoms with Crippen molar-refractivity contribution >= 4 is 40.7 Å². The molecule has 4 rings (SSSR count). The summed E-state index contributed by atoms with van der Waals surface area (Å²) in [6.07, 6.45) is 3.23. The molecule has 1 atom stereocenters. The van der Waals surface area contributed by atoms with E-state index >= 15 is 0 Å². The van der Waals surface area contributed by atoms with Crippen LogP contribution in [0.3, 0.4) is 0 Å². The fraction of sp³-hybridized carbons (Fsp3) is 0.160. The second-order valence-electron chi connectivity index (χ2n) is 7.41. The standard InChI is InChI=1S/C25H20Cl2N2O4/c1-2-33-18-7-8-20(27)19(13-18)23(30)21-22(16-3-5-17(26)6-4-16)29(25(32)24(21)31)14-15-9-11-28-12-10-15/h3-13,22,30H,2,14H2,1H3/b23-21+. The van der Waals surface area contributed by atoms with Crippen molar-refractivity contribution in [1.29, 1.82) is 0 Å². The van der Waals surface area contributed by atoms with Gasteiger partial charge in [0.05, 0.1) is 23.2 Å². The highest BCUT2D eigenvalue weighted by molar-refractivity contribution is 6.47. The number of halogens is 2. The van der Waals surface area contributed by atoms with Crippen LogP contribution in [0.1, 0.15) is 29.7 Å². The van der Waals surface area contributed by atoms with Gasteiger partial charge in [0.15, 0.2) is 0 Å². The van der Waals surface area contributed by atoms with Crippen LogP contribution in [0.4, 0.5) is 0 Å². The van der Waals surface area contributed by atoms with Gasteiger partial charge in [-0.1, -0.05) is 35.3 Å². The summed E-state index contributed by atoms with van der Waals surface area (Å²) in [5.74, 6) is -1.39. The molecule has 0 aliphatic carbocycles. The first kappa shape index (κ1) is 22.8. The molecule has 1 aliphatic rings. The van der Waals surface area contributed by atoms with Gasteiger partial charge in [0.1, 0.15) is 11.5 Å². The van der Waals surface area contributed by atoms with Crippen LogP contribution in [0, 0.1) is 0 Å². The van der Waals surface area contributed by atoms with Gasteiger partial charge in [-0.15, -0.1) is 0 Å². The molecule has 0 spiro atoms. The summed E-state index contributed by atoms with van der Waals surface area (Å²) >= 11 is 12.4. The quantitative estimate of drug-likeness (QED) is 0.288. The Morgan fingerprint density at radius 1 is 1.06 bits per heavy atom. The van der Waals surface area contributed by atoms with Crippen molar-refractivity contribution in [3.63, 3.8) is 0 Å². The first-order valence-electron chi connectivity index (χ1n) is 10.3. The van der Waals surface area contributed by atoms with Crippen LogP contribution in [-0.2, 0) is 16.1 Å². The van der Waals surface area contributed by atoms with Gasteiger partial charge in [-0.25, -0.2) is 0 Å². The summed E-state index contributed by atoms with van der Waals surface area (Å²) in [4.78, 5) is 31.7. The number of aliphatic hydroxyl groups is 1. The molecule has 1 saturated heterocycles. The van der Waals surface area contributed by atoms with Crippen LogP contribution in [-0.4, -0.2) is 33.3 Å². The molecule has 6 nitrogen and oxygen atoms in total. The number of pyridine rings is 1. The molecular weight excluding hydrogens is 463 g/mol. The number of rotatable bonds is 6. The van der Waals surface area contributed by atoms with E-state index in [0.29, 0.717) is 22.9 Å². The van der Waals surface area contributed by atoms with Crippen LogP contribution in [0.25, 0.3) is 5.76 Å². The molecule has 3 aromatic rings. The summed E-state index contributed by atoms with van der Waals surface area (Å²) in [6, 6.07) is 14.3. The van der Waals surface area contributed by atoms with Gasteiger partial charge >= 0.3 is 0 Å². The highest BCUT2D eigenvalue weighted by Gasteiger charge is 2.46. The fourth-order valence-corrected chi connectivity index (χ4v) is 4.14. The van der Waals surface area contributed by atoms with Gasteiger partial charge in [0, 0.05) is 29.5 Å². The minimum atomic E-state index is -0.831. The Balaban J connectivity index is 1.88. The van der Waals surface area contributed by atoms with Gasteiger partial charge in [0.25, 0.3) is 11.7 Å². The number of hydrogen-bond acceptors (Lipinski definition) is 5. The SMILES string of the molecule is CCOc1ccc(Cl)c(/C(O)=C2\C(=O)C(=O)N(Cc3ccncc3)C2c2ccc(Cl)cc2)c1. The van der Waals surface area contributed by atoms with E-state index in [4.69, 9.17) is 27.9 Å². The van der Waals surface area contributed by atoms with Crippen molar-refractivity contribution in [3.8, 4) is 5.75 Å². The van der Waals surface area contributed by atoms with Gasteiger partial charge in [0.2, 0.25) is 0 Å². The lowest BCUT2D eigenvalue weighted by Gasteiger charge is -2.25. The monoisotopic (exact) mass is 482 g/mol. The molecule has 1 unspecified atom stereocenters. The molecular formula is C25H20Cl2N2O4. The van der Waals surface area contributed by atoms with E-state index in [1.54, 1.807) is 67.0 Å². The molecule has 1 N–H and O–H groups in total. The molecule has 168 valence electrons. The maximum atomic E-state index is 13.2.